The Kier molecular flexibility index (Phi) is 7.17. The fraction of sp³-hybridized carbons (Fsp3) is 0.174. The lowest BCUT2D eigenvalue weighted by molar-refractivity contribution is -0.274. The van der Waals surface area contributed by atoms with Gasteiger partial charge in [-0.15, -0.1) is 13.2 Å². The summed E-state index contributed by atoms with van der Waals surface area (Å²) in [5, 5.41) is 6.87. The first-order valence-corrected chi connectivity index (χ1v) is 9.77. The predicted octanol–water partition coefficient (Wildman–Crippen LogP) is 3.57. The first-order chi connectivity index (χ1) is 15.6. The van der Waals surface area contributed by atoms with Gasteiger partial charge in [0, 0.05) is 18.3 Å². The topological polar surface area (TPSA) is 87.7 Å². The molecular formula is C23H20F3N3O4. The van der Waals surface area contributed by atoms with Crippen LogP contribution >= 0.6 is 0 Å². The van der Waals surface area contributed by atoms with Gasteiger partial charge < -0.3 is 20.3 Å². The van der Waals surface area contributed by atoms with Crippen molar-refractivity contribution in [3.63, 3.8) is 0 Å². The lowest BCUT2D eigenvalue weighted by Crippen LogP contribution is -2.41. The summed E-state index contributed by atoms with van der Waals surface area (Å²) in [6.07, 6.45) is -4.81. The van der Waals surface area contributed by atoms with Gasteiger partial charge in [-0.1, -0.05) is 30.3 Å². The Morgan fingerprint density at radius 1 is 0.939 bits per heavy atom. The molecule has 3 rings (SSSR count). The molecule has 0 unspecified atom stereocenters. The molecule has 0 atom stereocenters. The molecule has 7 nitrogen and oxygen atoms in total. The van der Waals surface area contributed by atoms with Gasteiger partial charge in [0.1, 0.15) is 5.75 Å². The van der Waals surface area contributed by atoms with Crippen LogP contribution in [0.2, 0.25) is 0 Å². The molecule has 10 heteroatoms. The van der Waals surface area contributed by atoms with Crippen LogP contribution in [0.15, 0.2) is 66.7 Å². The number of hydrogen-bond acceptors (Lipinski definition) is 4. The van der Waals surface area contributed by atoms with Gasteiger partial charge in [0.15, 0.2) is 0 Å². The molecule has 0 aliphatic rings. The maximum atomic E-state index is 12.4. The van der Waals surface area contributed by atoms with Crippen molar-refractivity contribution in [1.82, 2.24) is 10.2 Å². The number of hydrogen-bond donors (Lipinski definition) is 2. The van der Waals surface area contributed by atoms with Crippen LogP contribution in [0.1, 0.15) is 10.4 Å². The van der Waals surface area contributed by atoms with Crippen LogP contribution < -0.4 is 15.4 Å². The standard InChI is InChI=1S/C23H20F3N3O4/c1-29(14-20(30)28-18-8-10-19(11-9-18)33-23(24,25)26)21(31)13-27-22(32)17-7-6-15-4-2-3-5-16(15)12-17/h2-12H,13-14H2,1H3,(H,27,32)(H,28,30). The summed E-state index contributed by atoms with van der Waals surface area (Å²) in [7, 11) is 1.39. The first-order valence-electron chi connectivity index (χ1n) is 9.77. The van der Waals surface area contributed by atoms with E-state index in [1.165, 1.54) is 19.2 Å². The van der Waals surface area contributed by atoms with Gasteiger partial charge in [-0.3, -0.25) is 14.4 Å². The summed E-state index contributed by atoms with van der Waals surface area (Å²) in [6.45, 7) is -0.621. The molecule has 0 saturated carbocycles. The van der Waals surface area contributed by atoms with Gasteiger partial charge in [-0.25, -0.2) is 0 Å². The van der Waals surface area contributed by atoms with E-state index in [0.717, 1.165) is 27.8 Å². The van der Waals surface area contributed by atoms with Crippen molar-refractivity contribution in [2.24, 2.45) is 0 Å². The minimum absolute atomic E-state index is 0.236. The fourth-order valence-corrected chi connectivity index (χ4v) is 2.97. The van der Waals surface area contributed by atoms with Crippen molar-refractivity contribution in [3.8, 4) is 5.75 Å². The van der Waals surface area contributed by atoms with Crippen LogP contribution in [0, 0.1) is 0 Å². The minimum Gasteiger partial charge on any atom is -0.406 e. The highest BCUT2D eigenvalue weighted by Crippen LogP contribution is 2.24. The van der Waals surface area contributed by atoms with E-state index in [0.29, 0.717) is 5.56 Å². The Balaban J connectivity index is 1.47. The lowest BCUT2D eigenvalue weighted by Gasteiger charge is -2.17. The highest BCUT2D eigenvalue weighted by atomic mass is 19.4. The number of halogens is 3. The van der Waals surface area contributed by atoms with E-state index in [-0.39, 0.29) is 18.8 Å². The van der Waals surface area contributed by atoms with E-state index in [1.807, 2.05) is 30.3 Å². The minimum atomic E-state index is -4.81. The zero-order valence-electron chi connectivity index (χ0n) is 17.5. The zero-order chi connectivity index (χ0) is 24.0. The predicted molar refractivity (Wildman–Crippen MR) is 116 cm³/mol. The number of nitrogens with zero attached hydrogens (tertiary/aromatic N) is 1. The summed E-state index contributed by atoms with van der Waals surface area (Å²) in [6, 6.07) is 17.3. The third-order valence-electron chi connectivity index (χ3n) is 4.59. The molecule has 0 aliphatic carbocycles. The number of amides is 3. The van der Waals surface area contributed by atoms with E-state index in [1.54, 1.807) is 12.1 Å². The van der Waals surface area contributed by atoms with E-state index in [2.05, 4.69) is 15.4 Å². The number of fused-ring (bicyclic) bond motifs is 1. The highest BCUT2D eigenvalue weighted by molar-refractivity contribution is 6.00. The molecule has 0 aliphatic heterocycles. The third kappa shape index (κ3) is 6.96. The molecule has 0 spiro atoms. The molecule has 0 bridgehead atoms. The molecule has 33 heavy (non-hydrogen) atoms. The van der Waals surface area contributed by atoms with Crippen molar-refractivity contribution in [3.05, 3.63) is 72.3 Å². The molecule has 0 aromatic heterocycles. The number of likely N-dealkylation sites (N-methyl/N-ethyl adjacent to an activating group) is 1. The van der Waals surface area contributed by atoms with Crippen molar-refractivity contribution < 1.29 is 32.3 Å². The summed E-state index contributed by atoms with van der Waals surface area (Å²) in [5.41, 5.74) is 0.639. The van der Waals surface area contributed by atoms with Crippen LogP contribution in [0.3, 0.4) is 0 Å². The van der Waals surface area contributed by atoms with Gasteiger partial charge in [0.05, 0.1) is 13.1 Å². The van der Waals surface area contributed by atoms with Crippen LogP contribution in [0.4, 0.5) is 18.9 Å². The summed E-state index contributed by atoms with van der Waals surface area (Å²) in [4.78, 5) is 37.9. The lowest BCUT2D eigenvalue weighted by atomic mass is 10.1. The van der Waals surface area contributed by atoms with Gasteiger partial charge in [0.2, 0.25) is 11.8 Å². The monoisotopic (exact) mass is 459 g/mol. The number of benzene rings is 3. The molecule has 3 aromatic rings. The van der Waals surface area contributed by atoms with Crippen LogP contribution in [0.5, 0.6) is 5.75 Å². The molecule has 0 heterocycles. The van der Waals surface area contributed by atoms with Crippen molar-refractivity contribution >= 4 is 34.2 Å². The molecular weight excluding hydrogens is 439 g/mol. The van der Waals surface area contributed by atoms with Crippen molar-refractivity contribution in [2.75, 3.05) is 25.5 Å². The maximum Gasteiger partial charge on any atom is 0.573 e. The smallest absolute Gasteiger partial charge is 0.406 e. The van der Waals surface area contributed by atoms with E-state index in [9.17, 15) is 27.6 Å². The second kappa shape index (κ2) is 10.0. The Bertz CT molecular complexity index is 1160. The maximum absolute atomic E-state index is 12.4. The second-order valence-electron chi connectivity index (χ2n) is 7.11. The fourth-order valence-electron chi connectivity index (χ4n) is 2.97. The van der Waals surface area contributed by atoms with Crippen LogP contribution in [-0.4, -0.2) is 49.1 Å². The van der Waals surface area contributed by atoms with E-state index < -0.39 is 29.8 Å². The number of carbonyl (C=O) groups is 3. The number of carbonyl (C=O) groups excluding carboxylic acids is 3. The summed E-state index contributed by atoms with van der Waals surface area (Å²) in [5.74, 6) is -1.90. The zero-order valence-corrected chi connectivity index (χ0v) is 17.5. The second-order valence-corrected chi connectivity index (χ2v) is 7.11. The van der Waals surface area contributed by atoms with Crippen molar-refractivity contribution in [2.45, 2.75) is 6.36 Å². The Hall–Kier alpha value is -4.08. The Morgan fingerprint density at radius 3 is 2.27 bits per heavy atom. The molecule has 0 saturated heterocycles. The van der Waals surface area contributed by atoms with Crippen LogP contribution in [0.25, 0.3) is 10.8 Å². The Labute approximate surface area is 187 Å². The first kappa shape index (κ1) is 23.6. The molecule has 172 valence electrons. The Morgan fingerprint density at radius 2 is 1.61 bits per heavy atom. The highest BCUT2D eigenvalue weighted by Gasteiger charge is 2.31. The van der Waals surface area contributed by atoms with E-state index >= 15 is 0 Å². The molecule has 3 amide bonds. The van der Waals surface area contributed by atoms with Crippen molar-refractivity contribution in [1.29, 1.82) is 0 Å². The average Bonchev–Trinajstić information content (AvgIpc) is 2.77. The largest absolute Gasteiger partial charge is 0.573 e. The summed E-state index contributed by atoms with van der Waals surface area (Å²) >= 11 is 0. The number of anilines is 1. The van der Waals surface area contributed by atoms with Gasteiger partial charge in [0.25, 0.3) is 5.91 Å². The van der Waals surface area contributed by atoms with Gasteiger partial charge in [-0.05, 0) is 47.2 Å². The molecule has 0 fully saturated rings. The van der Waals surface area contributed by atoms with E-state index in [4.69, 9.17) is 0 Å². The number of nitrogens with one attached hydrogen (secondary N) is 2. The SMILES string of the molecule is CN(CC(=O)Nc1ccc(OC(F)(F)F)cc1)C(=O)CNC(=O)c1ccc2ccccc2c1. The third-order valence-corrected chi connectivity index (χ3v) is 4.59. The average molecular weight is 459 g/mol. The quantitative estimate of drug-likeness (QED) is 0.566. The number of rotatable bonds is 7. The normalized spacial score (nSPS) is 11.0. The number of alkyl halides is 3. The van der Waals surface area contributed by atoms with Gasteiger partial charge in [-0.2, -0.15) is 0 Å². The molecule has 3 aromatic carbocycles. The van der Waals surface area contributed by atoms with Crippen LogP contribution in [-0.2, 0) is 9.59 Å². The number of ether oxygens (including phenoxy) is 1. The molecule has 2 N–H and O–H groups in total. The van der Waals surface area contributed by atoms with Gasteiger partial charge >= 0.3 is 6.36 Å². The summed E-state index contributed by atoms with van der Waals surface area (Å²) < 4.78 is 40.3. The molecule has 0 radical (unpaired) electrons.